The van der Waals surface area contributed by atoms with Crippen LogP contribution in [0.3, 0.4) is 0 Å². The summed E-state index contributed by atoms with van der Waals surface area (Å²) in [5.41, 5.74) is 11.9. The van der Waals surface area contributed by atoms with Crippen molar-refractivity contribution in [2.24, 2.45) is 0 Å². The number of nitrogens with zero attached hydrogens (tertiary/aromatic N) is 5. The van der Waals surface area contributed by atoms with Crippen molar-refractivity contribution in [3.63, 3.8) is 0 Å². The van der Waals surface area contributed by atoms with Crippen LogP contribution in [0, 0.1) is 6.85 Å². The molecule has 0 spiro atoms. The summed E-state index contributed by atoms with van der Waals surface area (Å²) >= 11 is 0. The van der Waals surface area contributed by atoms with E-state index in [0.717, 1.165) is 78.5 Å². The molecule has 0 saturated heterocycles. The van der Waals surface area contributed by atoms with Crippen molar-refractivity contribution in [1.82, 2.24) is 14.1 Å². The highest BCUT2D eigenvalue weighted by atomic mass is 16.5. The molecule has 1 aliphatic heterocycles. The molecule has 4 heterocycles. The minimum Gasteiger partial charge on any atom is -0.457 e. The number of hydrogen-bond donors (Lipinski definition) is 0. The molecule has 1 aliphatic rings. The van der Waals surface area contributed by atoms with E-state index in [0.29, 0.717) is 23.7 Å². The molecule has 0 radical (unpaired) electrons. The fourth-order valence-corrected chi connectivity index (χ4v) is 10.5. The molecule has 6 nitrogen and oxygen atoms in total. The van der Waals surface area contributed by atoms with Crippen molar-refractivity contribution in [2.75, 3.05) is 16.5 Å². The average Bonchev–Trinajstić information content (AvgIpc) is 4.16. The number of pyridine rings is 1. The monoisotopic (exact) mass is 939 g/mol. The van der Waals surface area contributed by atoms with Gasteiger partial charge in [-0.3, -0.25) is 4.57 Å². The van der Waals surface area contributed by atoms with Gasteiger partial charge in [0, 0.05) is 67.5 Å². The number of ether oxygens (including phenoxy) is 1. The summed E-state index contributed by atoms with van der Waals surface area (Å²) in [7, 11) is 0. The van der Waals surface area contributed by atoms with Crippen LogP contribution in [0.2, 0.25) is 0 Å². The lowest BCUT2D eigenvalue weighted by atomic mass is 9.86. The topological polar surface area (TPSA) is 38.5 Å². The van der Waals surface area contributed by atoms with Crippen molar-refractivity contribution < 1.29 is 15.7 Å². The number of rotatable bonds is 9. The van der Waals surface area contributed by atoms with Gasteiger partial charge in [0.25, 0.3) is 0 Å². The number of fused-ring (bicyclic) bond motifs is 7. The van der Waals surface area contributed by atoms with Gasteiger partial charge < -0.3 is 19.1 Å². The van der Waals surface area contributed by atoms with Crippen LogP contribution in [0.5, 0.6) is 11.5 Å². The number of para-hydroxylation sites is 2. The minimum atomic E-state index is -2.77. The van der Waals surface area contributed by atoms with E-state index in [2.05, 4.69) is 144 Å². The standard InChI is InChI=1S/C66H53N5O/c1-44-35-65(67-41-58(44)47-20-9-6-10-21-47)71-61-34-30-51(70-59-27-13-11-25-54(59)55-26-12-14-28-60(55)70)39-57(61)56-32-31-53(40-63(56)71)72-52-24-16-23-50(38-52)69-43-68(42-45-17-15-22-49(36-45)66(2,3)4)64-37-48(29-33-62(64)69)46-18-7-5-8-19-46/h5-41H,42-43H2,1-4H3/i1D3,6D,9D,10D,20D,21D. The Morgan fingerprint density at radius 2 is 1.28 bits per heavy atom. The molecule has 0 bridgehead atoms. The van der Waals surface area contributed by atoms with Crippen LogP contribution in [-0.2, 0) is 12.0 Å². The lowest BCUT2D eigenvalue weighted by Gasteiger charge is -2.24. The predicted octanol–water partition coefficient (Wildman–Crippen LogP) is 17.1. The fourth-order valence-electron chi connectivity index (χ4n) is 10.5. The maximum Gasteiger partial charge on any atom is 0.137 e. The number of anilines is 3. The lowest BCUT2D eigenvalue weighted by molar-refractivity contribution is 0.483. The van der Waals surface area contributed by atoms with Crippen molar-refractivity contribution in [2.45, 2.75) is 39.6 Å². The van der Waals surface area contributed by atoms with Gasteiger partial charge in [-0.2, -0.15) is 0 Å². The van der Waals surface area contributed by atoms with Crippen LogP contribution in [0.15, 0.2) is 224 Å². The zero-order valence-electron chi connectivity index (χ0n) is 48.0. The first kappa shape index (κ1) is 35.3. The second kappa shape index (κ2) is 17.2. The van der Waals surface area contributed by atoms with E-state index < -0.39 is 37.1 Å². The highest BCUT2D eigenvalue weighted by Gasteiger charge is 2.29. The van der Waals surface area contributed by atoms with Crippen molar-refractivity contribution in [3.05, 3.63) is 241 Å². The third kappa shape index (κ3) is 7.55. The van der Waals surface area contributed by atoms with E-state index in [1.807, 2.05) is 77.4 Å². The van der Waals surface area contributed by atoms with Crippen LogP contribution < -0.4 is 14.5 Å². The fraction of sp³-hybridized carbons (Fsp3) is 0.106. The van der Waals surface area contributed by atoms with Crippen LogP contribution in [-0.4, -0.2) is 20.8 Å². The largest absolute Gasteiger partial charge is 0.457 e. The van der Waals surface area contributed by atoms with Gasteiger partial charge >= 0.3 is 0 Å². The van der Waals surface area contributed by atoms with Crippen LogP contribution in [0.25, 0.3) is 77.4 Å². The smallest absolute Gasteiger partial charge is 0.137 e. The third-order valence-corrected chi connectivity index (χ3v) is 14.0. The second-order valence-electron chi connectivity index (χ2n) is 19.6. The maximum atomic E-state index is 8.77. The zero-order valence-corrected chi connectivity index (χ0v) is 40.0. The Balaban J connectivity index is 0.929. The van der Waals surface area contributed by atoms with E-state index in [4.69, 9.17) is 20.7 Å². The average molecular weight is 940 g/mol. The number of aryl methyl sites for hydroxylation is 1. The van der Waals surface area contributed by atoms with E-state index in [9.17, 15) is 0 Å². The molecule has 0 amide bonds. The highest BCUT2D eigenvalue weighted by molar-refractivity contribution is 6.12. The first-order valence-corrected chi connectivity index (χ1v) is 24.2. The molecule has 0 saturated carbocycles. The van der Waals surface area contributed by atoms with Crippen LogP contribution >= 0.6 is 0 Å². The predicted molar refractivity (Wildman–Crippen MR) is 300 cm³/mol. The molecule has 348 valence electrons. The van der Waals surface area contributed by atoms with Gasteiger partial charge in [0.15, 0.2) is 0 Å². The molecular weight excluding hydrogens is 879 g/mol. The zero-order chi connectivity index (χ0) is 55.4. The number of benzene rings is 9. The van der Waals surface area contributed by atoms with Crippen molar-refractivity contribution in [3.8, 4) is 45.3 Å². The Hall–Kier alpha value is -8.87. The molecule has 6 heteroatoms. The molecule has 3 aromatic heterocycles. The Bertz CT molecular complexity index is 4380. The Morgan fingerprint density at radius 3 is 2.07 bits per heavy atom. The molecule has 0 unspecified atom stereocenters. The number of aromatic nitrogens is 3. The van der Waals surface area contributed by atoms with Crippen LogP contribution in [0.1, 0.15) is 48.4 Å². The van der Waals surface area contributed by atoms with Gasteiger partial charge in [0.05, 0.1) is 47.0 Å². The Kier molecular flexibility index (Phi) is 8.43. The van der Waals surface area contributed by atoms with E-state index >= 15 is 0 Å². The van der Waals surface area contributed by atoms with Gasteiger partial charge in [-0.1, -0.05) is 154 Å². The van der Waals surface area contributed by atoms with Gasteiger partial charge in [-0.15, -0.1) is 0 Å². The summed E-state index contributed by atoms with van der Waals surface area (Å²) in [6.45, 7) is 5.29. The molecule has 0 N–H and O–H groups in total. The number of hydrogen-bond acceptors (Lipinski definition) is 4. The molecule has 9 aromatic carbocycles. The van der Waals surface area contributed by atoms with E-state index in [1.165, 1.54) is 23.4 Å². The first-order valence-electron chi connectivity index (χ1n) is 28.2. The van der Waals surface area contributed by atoms with Gasteiger partial charge in [-0.25, -0.2) is 4.98 Å². The highest BCUT2D eigenvalue weighted by Crippen LogP contribution is 2.45. The SMILES string of the molecule is [2H]c1c([2H])c([2H])c(-c2cnc(-n3c4ccc(-n5c6ccccc6c6ccccc65)cc4c4ccc(Oc5cccc(N6CN(Cc7cccc(C(C)(C)C)c7)c7cc(-c8ccccc8)ccc76)c5)cc43)cc2C([2H])([2H])[2H])c([2H])c1[2H]. The third-order valence-electron chi connectivity index (χ3n) is 14.0. The van der Waals surface area contributed by atoms with Crippen molar-refractivity contribution >= 4 is 60.7 Å². The summed E-state index contributed by atoms with van der Waals surface area (Å²) in [4.78, 5) is 9.62. The molecule has 13 rings (SSSR count). The van der Waals surface area contributed by atoms with Gasteiger partial charge in [0.1, 0.15) is 17.3 Å². The Labute approximate surface area is 431 Å². The molecule has 0 fully saturated rings. The molecular formula is C66H53N5O. The second-order valence-corrected chi connectivity index (χ2v) is 19.6. The summed E-state index contributed by atoms with van der Waals surface area (Å²) in [5.74, 6) is 1.40. The lowest BCUT2D eigenvalue weighted by Crippen LogP contribution is -2.27. The summed E-state index contributed by atoms with van der Waals surface area (Å²) < 4.78 is 79.9. The maximum absolute atomic E-state index is 8.77. The molecule has 12 aromatic rings. The Morgan fingerprint density at radius 1 is 0.542 bits per heavy atom. The summed E-state index contributed by atoms with van der Waals surface area (Å²) in [5, 5.41) is 3.98. The quantitative estimate of drug-likeness (QED) is 0.145. The minimum absolute atomic E-state index is 0.0109. The molecule has 0 aliphatic carbocycles. The normalized spacial score (nSPS) is 14.4. The summed E-state index contributed by atoms with van der Waals surface area (Å²) in [6, 6.07) is 61.6. The molecule has 72 heavy (non-hydrogen) atoms. The van der Waals surface area contributed by atoms with E-state index in [-0.39, 0.29) is 27.9 Å². The summed E-state index contributed by atoms with van der Waals surface area (Å²) in [6.07, 6.45) is 1.31. The first-order chi connectivity index (χ1) is 38.5. The van der Waals surface area contributed by atoms with Crippen molar-refractivity contribution in [1.29, 1.82) is 0 Å². The molecule has 0 atom stereocenters. The van der Waals surface area contributed by atoms with E-state index in [1.54, 1.807) is 0 Å². The van der Waals surface area contributed by atoms with Gasteiger partial charge in [-0.05, 0) is 118 Å². The van der Waals surface area contributed by atoms with Gasteiger partial charge in [0.2, 0.25) is 0 Å². The van der Waals surface area contributed by atoms with Crippen LogP contribution in [0.4, 0.5) is 17.1 Å².